The van der Waals surface area contributed by atoms with Crippen molar-refractivity contribution in [3.05, 3.63) is 59.7 Å². The zero-order chi connectivity index (χ0) is 24.6. The minimum absolute atomic E-state index is 0.601. The standard InChI is InChI=1S/C32H50OSi/c1-7-11-13-17-25-22-28(19-14-12-8-2)31(33-21-9-3)30(23-25)34(5,6)32-26(10-4)24-27-18-15-16-20-29(27)32/h9,15-16,20,22-23,26-27,32H,3,7-8,10-14,17-19,21,24H2,1-2,4-6H3. The van der Waals surface area contributed by atoms with Gasteiger partial charge in [0, 0.05) is 0 Å². The molecule has 3 unspecified atom stereocenters. The molecule has 0 radical (unpaired) electrons. The molecule has 1 aromatic carbocycles. The smallest absolute Gasteiger partial charge is 0.122 e. The molecule has 0 heterocycles. The van der Waals surface area contributed by atoms with E-state index in [2.05, 4.69) is 70.8 Å². The SMILES string of the molecule is C=CCOc1c(CCCCC)cc(CCCCC)cc1[Si](C)(C)C1C2=CC=CCC2CC1CC. The molecule has 2 aliphatic carbocycles. The van der Waals surface area contributed by atoms with E-state index in [1.165, 1.54) is 75.5 Å². The van der Waals surface area contributed by atoms with Gasteiger partial charge in [0.15, 0.2) is 0 Å². The van der Waals surface area contributed by atoms with Crippen molar-refractivity contribution in [2.24, 2.45) is 11.8 Å². The number of hydrogen-bond acceptors (Lipinski definition) is 1. The first-order chi connectivity index (χ1) is 16.5. The second-order valence-corrected chi connectivity index (χ2v) is 15.9. The molecular formula is C32H50OSi. The fraction of sp³-hybridized carbons (Fsp3) is 0.625. The predicted octanol–water partition coefficient (Wildman–Crippen LogP) is 8.93. The molecule has 188 valence electrons. The number of unbranched alkanes of at least 4 members (excludes halogenated alkanes) is 4. The summed E-state index contributed by atoms with van der Waals surface area (Å²) in [6.07, 6.45) is 23.0. The van der Waals surface area contributed by atoms with E-state index in [0.29, 0.717) is 12.1 Å². The van der Waals surface area contributed by atoms with Gasteiger partial charge in [0.1, 0.15) is 12.4 Å². The summed E-state index contributed by atoms with van der Waals surface area (Å²) in [5.74, 6) is 2.79. The van der Waals surface area contributed by atoms with Gasteiger partial charge in [0.2, 0.25) is 0 Å². The number of allylic oxidation sites excluding steroid dienone is 4. The number of fused-ring (bicyclic) bond motifs is 1. The van der Waals surface area contributed by atoms with E-state index in [-0.39, 0.29) is 0 Å². The first-order valence-electron chi connectivity index (χ1n) is 14.2. The van der Waals surface area contributed by atoms with Gasteiger partial charge in [-0.15, -0.1) is 0 Å². The zero-order valence-electron chi connectivity index (χ0n) is 22.8. The Kier molecular flexibility index (Phi) is 10.3. The molecular weight excluding hydrogens is 428 g/mol. The van der Waals surface area contributed by atoms with Gasteiger partial charge in [-0.05, 0) is 72.2 Å². The fourth-order valence-corrected chi connectivity index (χ4v) is 11.1. The van der Waals surface area contributed by atoms with Crippen LogP contribution in [0, 0.1) is 11.8 Å². The Balaban J connectivity index is 2.10. The molecule has 0 aliphatic heterocycles. The van der Waals surface area contributed by atoms with Crippen LogP contribution >= 0.6 is 0 Å². The maximum atomic E-state index is 6.56. The summed E-state index contributed by atoms with van der Waals surface area (Å²) < 4.78 is 6.56. The Morgan fingerprint density at radius 2 is 1.76 bits per heavy atom. The van der Waals surface area contributed by atoms with Crippen LogP contribution in [-0.4, -0.2) is 14.7 Å². The number of ether oxygens (including phenoxy) is 1. The topological polar surface area (TPSA) is 9.23 Å². The molecule has 2 aliphatic rings. The first kappa shape index (κ1) is 27.1. The summed E-state index contributed by atoms with van der Waals surface area (Å²) in [4.78, 5) is 0. The highest BCUT2D eigenvalue weighted by Gasteiger charge is 2.48. The Morgan fingerprint density at radius 3 is 2.44 bits per heavy atom. The molecule has 0 N–H and O–H groups in total. The van der Waals surface area contributed by atoms with E-state index in [9.17, 15) is 0 Å². The Morgan fingerprint density at radius 1 is 1.03 bits per heavy atom. The van der Waals surface area contributed by atoms with Crippen molar-refractivity contribution in [2.45, 2.75) is 110 Å². The lowest BCUT2D eigenvalue weighted by molar-refractivity contribution is 0.361. The van der Waals surface area contributed by atoms with E-state index in [1.54, 1.807) is 16.3 Å². The number of aryl methyl sites for hydroxylation is 2. The molecule has 2 heteroatoms. The monoisotopic (exact) mass is 478 g/mol. The summed E-state index contributed by atoms with van der Waals surface area (Å²) in [5, 5.41) is 1.58. The maximum absolute atomic E-state index is 6.56. The van der Waals surface area contributed by atoms with Crippen LogP contribution in [0.25, 0.3) is 0 Å². The highest BCUT2D eigenvalue weighted by molar-refractivity contribution is 6.92. The van der Waals surface area contributed by atoms with Crippen LogP contribution in [-0.2, 0) is 12.8 Å². The summed E-state index contributed by atoms with van der Waals surface area (Å²) >= 11 is 0. The van der Waals surface area contributed by atoms with Crippen molar-refractivity contribution in [3.63, 3.8) is 0 Å². The molecule has 0 spiro atoms. The maximum Gasteiger partial charge on any atom is 0.122 e. The summed E-state index contributed by atoms with van der Waals surface area (Å²) in [6.45, 7) is 16.9. The average molecular weight is 479 g/mol. The van der Waals surface area contributed by atoms with Crippen molar-refractivity contribution < 1.29 is 4.74 Å². The molecule has 0 aromatic heterocycles. The lowest BCUT2D eigenvalue weighted by Crippen LogP contribution is -2.49. The van der Waals surface area contributed by atoms with E-state index in [4.69, 9.17) is 4.74 Å². The first-order valence-corrected chi connectivity index (χ1v) is 17.3. The van der Waals surface area contributed by atoms with Gasteiger partial charge in [-0.2, -0.15) is 0 Å². The lowest BCUT2D eigenvalue weighted by Gasteiger charge is -2.38. The summed E-state index contributed by atoms with van der Waals surface area (Å²) in [5.41, 5.74) is 5.47. The van der Waals surface area contributed by atoms with Crippen LogP contribution in [0.5, 0.6) is 5.75 Å². The van der Waals surface area contributed by atoms with E-state index in [1.807, 2.05) is 6.08 Å². The van der Waals surface area contributed by atoms with E-state index in [0.717, 1.165) is 18.3 Å². The summed E-state index contributed by atoms with van der Waals surface area (Å²) in [6, 6.07) is 5.08. The van der Waals surface area contributed by atoms with E-state index < -0.39 is 8.07 Å². The van der Waals surface area contributed by atoms with Crippen molar-refractivity contribution in [3.8, 4) is 5.75 Å². The lowest BCUT2D eigenvalue weighted by atomic mass is 9.94. The van der Waals surface area contributed by atoms with Crippen LogP contribution in [0.2, 0.25) is 18.6 Å². The second-order valence-electron chi connectivity index (χ2n) is 11.3. The van der Waals surface area contributed by atoms with Crippen molar-refractivity contribution in [2.75, 3.05) is 6.61 Å². The van der Waals surface area contributed by atoms with Gasteiger partial charge in [-0.1, -0.05) is 115 Å². The molecule has 1 nitrogen and oxygen atoms in total. The Bertz CT molecular complexity index is 862. The van der Waals surface area contributed by atoms with Crippen molar-refractivity contribution >= 4 is 13.3 Å². The van der Waals surface area contributed by atoms with Gasteiger partial charge in [0.05, 0.1) is 8.07 Å². The van der Waals surface area contributed by atoms with Crippen molar-refractivity contribution in [1.29, 1.82) is 0 Å². The molecule has 0 bridgehead atoms. The predicted molar refractivity (Wildman–Crippen MR) is 153 cm³/mol. The minimum Gasteiger partial charge on any atom is -0.489 e. The van der Waals surface area contributed by atoms with Crippen LogP contribution in [0.4, 0.5) is 0 Å². The molecule has 3 rings (SSSR count). The molecule has 34 heavy (non-hydrogen) atoms. The van der Waals surface area contributed by atoms with Gasteiger partial charge in [0.25, 0.3) is 0 Å². The Labute approximate surface area is 211 Å². The number of benzene rings is 1. The highest BCUT2D eigenvalue weighted by atomic mass is 28.3. The minimum atomic E-state index is -1.85. The zero-order valence-corrected chi connectivity index (χ0v) is 23.8. The molecule has 3 atom stereocenters. The molecule has 0 amide bonds. The quantitative estimate of drug-likeness (QED) is 0.147. The number of hydrogen-bond donors (Lipinski definition) is 0. The normalized spacial score (nSPS) is 21.9. The van der Waals surface area contributed by atoms with Crippen LogP contribution in [0.1, 0.15) is 89.7 Å². The molecule has 1 aromatic rings. The Hall–Kier alpha value is -1.54. The van der Waals surface area contributed by atoms with Gasteiger partial charge in [-0.25, -0.2) is 0 Å². The van der Waals surface area contributed by atoms with E-state index >= 15 is 0 Å². The largest absolute Gasteiger partial charge is 0.489 e. The average Bonchev–Trinajstić information content (AvgIpc) is 3.23. The van der Waals surface area contributed by atoms with Crippen LogP contribution < -0.4 is 9.92 Å². The van der Waals surface area contributed by atoms with Crippen LogP contribution in [0.3, 0.4) is 0 Å². The fourth-order valence-electron chi connectivity index (χ4n) is 6.65. The third-order valence-electron chi connectivity index (χ3n) is 8.42. The molecule has 1 saturated carbocycles. The number of rotatable bonds is 14. The third-order valence-corrected chi connectivity index (χ3v) is 12.5. The third kappa shape index (κ3) is 6.17. The molecule has 0 saturated heterocycles. The van der Waals surface area contributed by atoms with Crippen LogP contribution in [0.15, 0.2) is 48.6 Å². The van der Waals surface area contributed by atoms with Gasteiger partial charge >= 0.3 is 0 Å². The van der Waals surface area contributed by atoms with Crippen molar-refractivity contribution in [1.82, 2.24) is 0 Å². The molecule has 1 fully saturated rings. The summed E-state index contributed by atoms with van der Waals surface area (Å²) in [7, 11) is -1.85. The van der Waals surface area contributed by atoms with Gasteiger partial charge < -0.3 is 4.74 Å². The second kappa shape index (κ2) is 13.0. The highest BCUT2D eigenvalue weighted by Crippen LogP contribution is 2.54. The van der Waals surface area contributed by atoms with Gasteiger partial charge in [-0.3, -0.25) is 0 Å².